The van der Waals surface area contributed by atoms with Crippen molar-refractivity contribution in [2.45, 2.75) is 24.2 Å². The number of alkyl halides is 2. The average Bonchev–Trinajstić information content (AvgIpc) is 2.85. The summed E-state index contributed by atoms with van der Waals surface area (Å²) in [6.45, 7) is 2.18. The number of benzene rings is 1. The maximum atomic E-state index is 12.5. The third-order valence-corrected chi connectivity index (χ3v) is 5.89. The fourth-order valence-electron chi connectivity index (χ4n) is 2.59. The van der Waals surface area contributed by atoms with Gasteiger partial charge in [0, 0.05) is 17.1 Å². The van der Waals surface area contributed by atoms with Crippen molar-refractivity contribution in [3.05, 3.63) is 46.6 Å². The van der Waals surface area contributed by atoms with E-state index in [1.54, 1.807) is 18.9 Å². The van der Waals surface area contributed by atoms with Gasteiger partial charge < -0.3 is 9.32 Å². The molecule has 1 saturated carbocycles. The highest BCUT2D eigenvalue weighted by Crippen LogP contribution is 2.64. The third-order valence-electron chi connectivity index (χ3n) is 4.26. The summed E-state index contributed by atoms with van der Waals surface area (Å²) >= 11 is 15.6. The maximum absolute atomic E-state index is 12.5. The third kappa shape index (κ3) is 3.17. The van der Waals surface area contributed by atoms with E-state index in [1.807, 2.05) is 36.4 Å². The predicted octanol–water partition coefficient (Wildman–Crippen LogP) is 5.25. The molecule has 3 nitrogen and oxygen atoms in total. The second-order valence-corrected chi connectivity index (χ2v) is 8.55. The quantitative estimate of drug-likeness (QED) is 0.637. The Hall–Kier alpha value is -0.970. The zero-order valence-electron chi connectivity index (χ0n) is 12.8. The van der Waals surface area contributed by atoms with Crippen molar-refractivity contribution in [3.8, 4) is 11.3 Å². The molecule has 0 spiro atoms. The predicted molar refractivity (Wildman–Crippen MR) is 95.5 cm³/mol. The molecule has 122 valence electrons. The summed E-state index contributed by atoms with van der Waals surface area (Å²) in [6.07, 6.45) is 0.481. The summed E-state index contributed by atoms with van der Waals surface area (Å²) < 4.78 is 5.90. The zero-order valence-corrected chi connectivity index (χ0v) is 15.9. The van der Waals surface area contributed by atoms with Gasteiger partial charge in [-0.05, 0) is 37.6 Å². The number of furan rings is 1. The van der Waals surface area contributed by atoms with E-state index in [2.05, 4.69) is 15.9 Å². The van der Waals surface area contributed by atoms with Crippen LogP contribution in [0.15, 0.2) is 45.3 Å². The van der Waals surface area contributed by atoms with Crippen molar-refractivity contribution in [1.29, 1.82) is 0 Å². The van der Waals surface area contributed by atoms with Crippen LogP contribution in [0.25, 0.3) is 11.3 Å². The molecular formula is C17H16BrCl2NO2. The smallest absolute Gasteiger partial charge is 0.231 e. The molecule has 0 aliphatic heterocycles. The van der Waals surface area contributed by atoms with Crippen molar-refractivity contribution in [1.82, 2.24) is 4.90 Å². The van der Waals surface area contributed by atoms with Gasteiger partial charge in [-0.2, -0.15) is 0 Å². The first-order valence-corrected chi connectivity index (χ1v) is 8.76. The van der Waals surface area contributed by atoms with Gasteiger partial charge in [-0.15, -0.1) is 23.2 Å². The van der Waals surface area contributed by atoms with Crippen LogP contribution in [0.2, 0.25) is 0 Å². The van der Waals surface area contributed by atoms with Crippen LogP contribution in [-0.2, 0) is 11.3 Å². The summed E-state index contributed by atoms with van der Waals surface area (Å²) in [7, 11) is 1.73. The van der Waals surface area contributed by atoms with Crippen molar-refractivity contribution in [2.24, 2.45) is 5.41 Å². The Bertz CT molecular complexity index is 741. The molecule has 2 aromatic rings. The number of carbonyl (C=O) groups is 1. The second kappa shape index (κ2) is 5.83. The van der Waals surface area contributed by atoms with Crippen LogP contribution < -0.4 is 0 Å². The first-order valence-electron chi connectivity index (χ1n) is 7.21. The summed E-state index contributed by atoms with van der Waals surface area (Å²) in [5, 5.41) is 0. The molecule has 1 fully saturated rings. The minimum atomic E-state index is -0.954. The summed E-state index contributed by atoms with van der Waals surface area (Å²) in [4.78, 5) is 14.1. The van der Waals surface area contributed by atoms with Crippen LogP contribution in [0.5, 0.6) is 0 Å². The van der Waals surface area contributed by atoms with Crippen LogP contribution in [0, 0.1) is 5.41 Å². The number of amides is 1. The molecule has 1 amide bonds. The lowest BCUT2D eigenvalue weighted by Gasteiger charge is -2.21. The SMILES string of the molecule is CN(Cc1ccc(-c2ccc(Br)cc2)o1)C(=O)C1(C)CC1(Cl)Cl. The Balaban J connectivity index is 1.70. The Labute approximate surface area is 153 Å². The molecule has 0 saturated heterocycles. The van der Waals surface area contributed by atoms with E-state index < -0.39 is 9.75 Å². The standard InChI is InChI=1S/C17H16BrCl2NO2/c1-16(10-17(16,19)20)15(22)21(2)9-13-7-8-14(23-13)11-3-5-12(18)6-4-11/h3-8H,9-10H2,1-2H3. The molecule has 3 rings (SSSR count). The maximum Gasteiger partial charge on any atom is 0.231 e. The average molecular weight is 417 g/mol. The first kappa shape index (κ1) is 16.9. The molecule has 0 bridgehead atoms. The molecule has 6 heteroatoms. The normalized spacial score (nSPS) is 22.0. The first-order chi connectivity index (χ1) is 10.7. The minimum Gasteiger partial charge on any atom is -0.459 e. The summed E-state index contributed by atoms with van der Waals surface area (Å²) in [6, 6.07) is 11.7. The highest BCUT2D eigenvalue weighted by Gasteiger charge is 2.68. The monoisotopic (exact) mass is 415 g/mol. The number of carbonyl (C=O) groups excluding carboxylic acids is 1. The fourth-order valence-corrected chi connectivity index (χ4v) is 3.55. The molecule has 1 heterocycles. The Kier molecular flexibility index (Phi) is 4.28. The van der Waals surface area contributed by atoms with Gasteiger partial charge in [-0.1, -0.05) is 28.1 Å². The van der Waals surface area contributed by atoms with Gasteiger partial charge in [-0.25, -0.2) is 0 Å². The van der Waals surface area contributed by atoms with Gasteiger partial charge in [0.25, 0.3) is 0 Å². The van der Waals surface area contributed by atoms with Gasteiger partial charge in [0.15, 0.2) is 0 Å². The fraction of sp³-hybridized carbons (Fsp3) is 0.353. The number of hydrogen-bond donors (Lipinski definition) is 0. The van der Waals surface area contributed by atoms with E-state index in [1.165, 1.54) is 0 Å². The molecule has 23 heavy (non-hydrogen) atoms. The van der Waals surface area contributed by atoms with Gasteiger partial charge >= 0.3 is 0 Å². The van der Waals surface area contributed by atoms with Gasteiger partial charge in [0.2, 0.25) is 5.91 Å². The van der Waals surface area contributed by atoms with E-state index in [-0.39, 0.29) is 5.91 Å². The van der Waals surface area contributed by atoms with Crippen molar-refractivity contribution in [3.63, 3.8) is 0 Å². The number of hydrogen-bond acceptors (Lipinski definition) is 2. The molecule has 1 atom stereocenters. The van der Waals surface area contributed by atoms with Gasteiger partial charge in [0.1, 0.15) is 15.9 Å². The lowest BCUT2D eigenvalue weighted by Crippen LogP contribution is -2.34. The topological polar surface area (TPSA) is 33.5 Å². The molecule has 1 aliphatic carbocycles. The van der Waals surface area contributed by atoms with Gasteiger partial charge in [-0.3, -0.25) is 4.79 Å². The largest absolute Gasteiger partial charge is 0.459 e. The van der Waals surface area contributed by atoms with Crippen LogP contribution in [-0.4, -0.2) is 22.2 Å². The van der Waals surface area contributed by atoms with E-state index in [0.29, 0.717) is 13.0 Å². The molecule has 1 aromatic heterocycles. The summed E-state index contributed by atoms with van der Waals surface area (Å²) in [5.74, 6) is 1.43. The Morgan fingerprint density at radius 1 is 1.26 bits per heavy atom. The minimum absolute atomic E-state index is 0.0657. The highest BCUT2D eigenvalue weighted by atomic mass is 79.9. The van der Waals surface area contributed by atoms with Crippen molar-refractivity contribution >= 4 is 45.0 Å². The molecule has 0 radical (unpaired) electrons. The molecule has 0 N–H and O–H groups in total. The molecule has 1 unspecified atom stereocenters. The number of nitrogens with zero attached hydrogens (tertiary/aromatic N) is 1. The van der Waals surface area contributed by atoms with E-state index >= 15 is 0 Å². The van der Waals surface area contributed by atoms with Crippen molar-refractivity contribution in [2.75, 3.05) is 7.05 Å². The van der Waals surface area contributed by atoms with Crippen molar-refractivity contribution < 1.29 is 9.21 Å². The number of rotatable bonds is 4. The lowest BCUT2D eigenvalue weighted by molar-refractivity contribution is -0.135. The zero-order chi connectivity index (χ0) is 16.8. The molecule has 1 aromatic carbocycles. The summed E-state index contributed by atoms with van der Waals surface area (Å²) in [5.41, 5.74) is 0.287. The number of halogens is 3. The Morgan fingerprint density at radius 2 is 1.87 bits per heavy atom. The van der Waals surface area contributed by atoms with E-state index in [9.17, 15) is 4.79 Å². The Morgan fingerprint density at radius 3 is 2.43 bits per heavy atom. The van der Waals surface area contributed by atoms with Crippen LogP contribution in [0.3, 0.4) is 0 Å². The molecule has 1 aliphatic rings. The van der Waals surface area contributed by atoms with Crippen LogP contribution in [0.4, 0.5) is 0 Å². The van der Waals surface area contributed by atoms with Crippen LogP contribution in [0.1, 0.15) is 19.1 Å². The van der Waals surface area contributed by atoms with Crippen LogP contribution >= 0.6 is 39.1 Å². The lowest BCUT2D eigenvalue weighted by atomic mass is 10.1. The van der Waals surface area contributed by atoms with E-state index in [0.717, 1.165) is 21.6 Å². The highest BCUT2D eigenvalue weighted by molar-refractivity contribution is 9.10. The molecular weight excluding hydrogens is 401 g/mol. The van der Waals surface area contributed by atoms with Gasteiger partial charge in [0.05, 0.1) is 12.0 Å². The van der Waals surface area contributed by atoms with E-state index in [4.69, 9.17) is 27.6 Å². The second-order valence-electron chi connectivity index (χ2n) is 6.15.